The molecule has 9 nitrogen and oxygen atoms in total. The van der Waals surface area contributed by atoms with Crippen molar-refractivity contribution in [1.29, 1.82) is 0 Å². The number of amides is 1. The number of unbranched alkanes of at least 4 members (excludes halogenated alkanes) is 25. The van der Waals surface area contributed by atoms with Gasteiger partial charge in [0.05, 0.1) is 19.8 Å². The van der Waals surface area contributed by atoms with Crippen LogP contribution in [-0.4, -0.2) is 86.7 Å². The van der Waals surface area contributed by atoms with Crippen molar-refractivity contribution >= 4 is 23.8 Å². The summed E-state index contributed by atoms with van der Waals surface area (Å²) in [7, 11) is 4.18. The third-order valence-electron chi connectivity index (χ3n) is 14.8. The fourth-order valence-electron chi connectivity index (χ4n) is 10.1. The Labute approximate surface area is 441 Å². The molecule has 1 amide bonds. The number of hydrogen-bond acceptors (Lipinski definition) is 8. The van der Waals surface area contributed by atoms with Crippen molar-refractivity contribution in [1.82, 2.24) is 9.80 Å². The van der Waals surface area contributed by atoms with Crippen molar-refractivity contribution in [2.24, 2.45) is 11.8 Å². The number of esters is 3. The fourth-order valence-corrected chi connectivity index (χ4v) is 10.1. The molecule has 0 aromatic carbocycles. The average Bonchev–Trinajstić information content (AvgIpc) is 3.35. The van der Waals surface area contributed by atoms with Crippen LogP contribution in [0.5, 0.6) is 0 Å². The first-order chi connectivity index (χ1) is 34.6. The van der Waals surface area contributed by atoms with Gasteiger partial charge in [0.2, 0.25) is 5.91 Å². The van der Waals surface area contributed by atoms with E-state index < -0.39 is 0 Å². The van der Waals surface area contributed by atoms with E-state index in [0.29, 0.717) is 57.3 Å². The number of hydrogen-bond donors (Lipinski definition) is 0. The van der Waals surface area contributed by atoms with Crippen LogP contribution in [0.25, 0.3) is 0 Å². The van der Waals surface area contributed by atoms with Gasteiger partial charge in [0.15, 0.2) is 0 Å². The third-order valence-corrected chi connectivity index (χ3v) is 14.8. The van der Waals surface area contributed by atoms with E-state index in [4.69, 9.17) is 14.2 Å². The first kappa shape index (κ1) is 68.8. The van der Waals surface area contributed by atoms with Gasteiger partial charge in [-0.15, -0.1) is 0 Å². The molecule has 0 radical (unpaired) electrons. The second-order valence-electron chi connectivity index (χ2n) is 21.9. The Balaban J connectivity index is 5.45. The molecule has 420 valence electrons. The van der Waals surface area contributed by atoms with Crippen molar-refractivity contribution in [3.63, 3.8) is 0 Å². The maximum absolute atomic E-state index is 14.1. The Morgan fingerprint density at radius 3 is 1.03 bits per heavy atom. The summed E-state index contributed by atoms with van der Waals surface area (Å²) in [5.41, 5.74) is 0. The highest BCUT2D eigenvalue weighted by molar-refractivity contribution is 5.76. The molecule has 0 aliphatic heterocycles. The number of carbonyl (C=O) groups is 4. The summed E-state index contributed by atoms with van der Waals surface area (Å²) in [6.07, 6.45) is 46.5. The SMILES string of the molecule is CCCCCCCCCC(CCCCCC)COC(=O)CCCCCC(CCCCCC(=O)OCC(CCCCCC)CCCCCCCC)N(CCCN(C)C)C(=O)CCCCCCCC(=O)OCC. The minimum absolute atomic E-state index is 0.0557. The van der Waals surface area contributed by atoms with Crippen LogP contribution < -0.4 is 0 Å². The Kier molecular flexibility index (Phi) is 51.1. The van der Waals surface area contributed by atoms with E-state index in [1.54, 1.807) is 0 Å². The van der Waals surface area contributed by atoms with E-state index in [0.717, 1.165) is 122 Å². The minimum atomic E-state index is -0.122. The number of nitrogens with zero attached hydrogens (tertiary/aromatic N) is 2. The van der Waals surface area contributed by atoms with Crippen LogP contribution in [-0.2, 0) is 33.4 Å². The van der Waals surface area contributed by atoms with Crippen molar-refractivity contribution in [2.75, 3.05) is 47.0 Å². The zero-order chi connectivity index (χ0) is 52.3. The highest BCUT2D eigenvalue weighted by Crippen LogP contribution is 2.24. The first-order valence-corrected chi connectivity index (χ1v) is 31.0. The lowest BCUT2D eigenvalue weighted by Crippen LogP contribution is -2.41. The molecule has 0 saturated heterocycles. The van der Waals surface area contributed by atoms with Crippen LogP contribution in [0.15, 0.2) is 0 Å². The average molecular weight is 1010 g/mol. The highest BCUT2D eigenvalue weighted by Gasteiger charge is 2.23. The third kappa shape index (κ3) is 46.1. The molecule has 0 aliphatic rings. The lowest BCUT2D eigenvalue weighted by atomic mass is 9.95. The maximum atomic E-state index is 14.1. The van der Waals surface area contributed by atoms with Gasteiger partial charge in [0.25, 0.3) is 0 Å². The largest absolute Gasteiger partial charge is 0.466 e. The predicted octanol–water partition coefficient (Wildman–Crippen LogP) is 17.5. The monoisotopic (exact) mass is 1000 g/mol. The molecule has 0 aromatic rings. The molecular weight excluding hydrogens is 885 g/mol. The normalized spacial score (nSPS) is 12.8. The molecule has 0 heterocycles. The molecular formula is C62H120N2O7. The summed E-state index contributed by atoms with van der Waals surface area (Å²) in [5, 5.41) is 0. The van der Waals surface area contributed by atoms with Crippen LogP contribution in [0, 0.1) is 11.8 Å². The summed E-state index contributed by atoms with van der Waals surface area (Å²) >= 11 is 0. The van der Waals surface area contributed by atoms with Crippen LogP contribution in [0.1, 0.15) is 311 Å². The van der Waals surface area contributed by atoms with Gasteiger partial charge in [-0.2, -0.15) is 0 Å². The van der Waals surface area contributed by atoms with Crippen molar-refractivity contribution < 1.29 is 33.4 Å². The van der Waals surface area contributed by atoms with Crippen molar-refractivity contribution in [3.05, 3.63) is 0 Å². The van der Waals surface area contributed by atoms with Crippen LogP contribution in [0.2, 0.25) is 0 Å². The molecule has 3 atom stereocenters. The van der Waals surface area contributed by atoms with Crippen molar-refractivity contribution in [2.45, 2.75) is 317 Å². The van der Waals surface area contributed by atoms with E-state index in [-0.39, 0.29) is 29.9 Å². The second kappa shape index (κ2) is 52.7. The summed E-state index contributed by atoms with van der Waals surface area (Å²) in [6.45, 7) is 14.1. The Bertz CT molecular complexity index is 1200. The molecule has 0 saturated carbocycles. The Morgan fingerprint density at radius 1 is 0.338 bits per heavy atom. The van der Waals surface area contributed by atoms with E-state index in [1.807, 2.05) is 6.92 Å². The predicted molar refractivity (Wildman–Crippen MR) is 301 cm³/mol. The Morgan fingerprint density at radius 2 is 0.648 bits per heavy atom. The van der Waals surface area contributed by atoms with Gasteiger partial charge in [-0.25, -0.2) is 0 Å². The van der Waals surface area contributed by atoms with Gasteiger partial charge in [0, 0.05) is 38.3 Å². The fraction of sp³-hybridized carbons (Fsp3) is 0.935. The highest BCUT2D eigenvalue weighted by atomic mass is 16.5. The van der Waals surface area contributed by atoms with Gasteiger partial charge in [-0.3, -0.25) is 19.2 Å². The molecule has 3 unspecified atom stereocenters. The smallest absolute Gasteiger partial charge is 0.305 e. The molecule has 0 fully saturated rings. The summed E-state index contributed by atoms with van der Waals surface area (Å²) in [4.78, 5) is 56.3. The van der Waals surface area contributed by atoms with Crippen LogP contribution in [0.3, 0.4) is 0 Å². The molecule has 9 heteroatoms. The summed E-state index contributed by atoms with van der Waals surface area (Å²) in [6, 6.07) is 0.142. The van der Waals surface area contributed by atoms with Crippen molar-refractivity contribution in [3.8, 4) is 0 Å². The molecule has 0 bridgehead atoms. The molecule has 71 heavy (non-hydrogen) atoms. The zero-order valence-electron chi connectivity index (χ0n) is 48.4. The van der Waals surface area contributed by atoms with Gasteiger partial charge < -0.3 is 24.0 Å². The van der Waals surface area contributed by atoms with Crippen LogP contribution >= 0.6 is 0 Å². The first-order valence-electron chi connectivity index (χ1n) is 31.0. The van der Waals surface area contributed by atoms with Gasteiger partial charge >= 0.3 is 17.9 Å². The molecule has 0 aliphatic carbocycles. The Hall–Kier alpha value is -2.16. The molecule has 0 rings (SSSR count). The van der Waals surface area contributed by atoms with E-state index in [1.165, 1.54) is 141 Å². The number of ether oxygens (including phenoxy) is 3. The molecule has 0 aromatic heterocycles. The summed E-state index contributed by atoms with van der Waals surface area (Å²) in [5.74, 6) is 0.964. The lowest BCUT2D eigenvalue weighted by Gasteiger charge is -2.33. The lowest BCUT2D eigenvalue weighted by molar-refractivity contribution is -0.146. The van der Waals surface area contributed by atoms with E-state index in [2.05, 4.69) is 51.6 Å². The zero-order valence-corrected chi connectivity index (χ0v) is 48.4. The topological polar surface area (TPSA) is 102 Å². The number of carbonyl (C=O) groups excluding carboxylic acids is 4. The van der Waals surface area contributed by atoms with E-state index >= 15 is 0 Å². The minimum Gasteiger partial charge on any atom is -0.466 e. The van der Waals surface area contributed by atoms with Crippen LogP contribution in [0.4, 0.5) is 0 Å². The molecule has 0 N–H and O–H groups in total. The van der Waals surface area contributed by atoms with E-state index in [9.17, 15) is 19.2 Å². The van der Waals surface area contributed by atoms with Gasteiger partial charge in [0.1, 0.15) is 0 Å². The van der Waals surface area contributed by atoms with Gasteiger partial charge in [-0.1, -0.05) is 207 Å². The second-order valence-corrected chi connectivity index (χ2v) is 21.9. The number of rotatable bonds is 55. The quantitative estimate of drug-likeness (QED) is 0.0337. The maximum Gasteiger partial charge on any atom is 0.305 e. The molecule has 0 spiro atoms. The van der Waals surface area contributed by atoms with Gasteiger partial charge in [-0.05, 0) is 110 Å². The summed E-state index contributed by atoms with van der Waals surface area (Å²) < 4.78 is 17.0. The standard InChI is InChI=1S/C62H120N2O7/c1-8-13-17-21-23-26-34-45-57(43-32-20-16-11-4)55-71-62(68)51-40-30-36-47-58(64(53-41-52-63(6)7)59(65)48-37-27-24-28-38-49-60(66)69-12-5)46-35-29-39-50-61(67)70-54-56(42-31-19-15-10-3)44-33-25-22-18-14-9-2/h56-58H,8-55H2,1-7H3.